The number of nitrogens with zero attached hydrogens (tertiary/aromatic N) is 3. The summed E-state index contributed by atoms with van der Waals surface area (Å²) in [6, 6.07) is 9.85. The molecule has 0 atom stereocenters. The zero-order valence-electron chi connectivity index (χ0n) is 14.1. The molecule has 0 aromatic heterocycles. The molecule has 2 rings (SSSR count). The predicted octanol–water partition coefficient (Wildman–Crippen LogP) is 1.38. The van der Waals surface area contributed by atoms with Gasteiger partial charge in [0.25, 0.3) is 0 Å². The van der Waals surface area contributed by atoms with Gasteiger partial charge in [0.2, 0.25) is 0 Å². The van der Waals surface area contributed by atoms with Crippen molar-refractivity contribution in [2.75, 3.05) is 66.6 Å². The first-order chi connectivity index (χ1) is 11.2. The van der Waals surface area contributed by atoms with Gasteiger partial charge < -0.3 is 19.3 Å². The minimum absolute atomic E-state index is 0.0963. The van der Waals surface area contributed by atoms with E-state index in [2.05, 4.69) is 4.90 Å². The molecule has 1 aliphatic rings. The molecule has 6 heteroatoms. The SMILES string of the molecule is CN(C)C(=O)N1CCN(CCOCCOc2ccccc2)CC1. The van der Waals surface area contributed by atoms with Crippen LogP contribution in [0.4, 0.5) is 4.79 Å². The van der Waals surface area contributed by atoms with E-state index in [4.69, 9.17) is 9.47 Å². The van der Waals surface area contributed by atoms with Gasteiger partial charge in [-0.15, -0.1) is 0 Å². The lowest BCUT2D eigenvalue weighted by molar-refractivity contribution is 0.0641. The van der Waals surface area contributed by atoms with E-state index in [9.17, 15) is 4.79 Å². The summed E-state index contributed by atoms with van der Waals surface area (Å²) < 4.78 is 11.2. The van der Waals surface area contributed by atoms with Crippen molar-refractivity contribution in [2.24, 2.45) is 0 Å². The van der Waals surface area contributed by atoms with Crippen molar-refractivity contribution in [3.05, 3.63) is 30.3 Å². The van der Waals surface area contributed by atoms with Crippen LogP contribution in [0.2, 0.25) is 0 Å². The van der Waals surface area contributed by atoms with Crippen LogP contribution < -0.4 is 4.74 Å². The van der Waals surface area contributed by atoms with Gasteiger partial charge in [0.1, 0.15) is 12.4 Å². The number of hydrogen-bond donors (Lipinski definition) is 0. The summed E-state index contributed by atoms with van der Waals surface area (Å²) in [5, 5.41) is 0. The van der Waals surface area contributed by atoms with Crippen LogP contribution in [0.5, 0.6) is 5.75 Å². The van der Waals surface area contributed by atoms with Crippen molar-refractivity contribution in [2.45, 2.75) is 0 Å². The predicted molar refractivity (Wildman–Crippen MR) is 89.9 cm³/mol. The normalized spacial score (nSPS) is 15.5. The summed E-state index contributed by atoms with van der Waals surface area (Å²) in [7, 11) is 3.58. The lowest BCUT2D eigenvalue weighted by Crippen LogP contribution is -2.51. The molecule has 0 spiro atoms. The number of para-hydroxylation sites is 1. The van der Waals surface area contributed by atoms with Crippen LogP contribution in [0.3, 0.4) is 0 Å². The number of piperazine rings is 1. The first kappa shape index (κ1) is 17.6. The second kappa shape index (κ2) is 9.37. The molecule has 1 aliphatic heterocycles. The van der Waals surface area contributed by atoms with Crippen LogP contribution in [0.1, 0.15) is 0 Å². The number of hydrogen-bond acceptors (Lipinski definition) is 4. The topological polar surface area (TPSA) is 45.3 Å². The molecule has 0 radical (unpaired) electrons. The van der Waals surface area contributed by atoms with Gasteiger partial charge in [0, 0.05) is 46.8 Å². The van der Waals surface area contributed by atoms with Gasteiger partial charge in [0.15, 0.2) is 0 Å². The summed E-state index contributed by atoms with van der Waals surface area (Å²) in [5.41, 5.74) is 0. The molecule has 1 heterocycles. The van der Waals surface area contributed by atoms with Crippen LogP contribution in [0, 0.1) is 0 Å². The van der Waals surface area contributed by atoms with Gasteiger partial charge in [-0.25, -0.2) is 4.79 Å². The maximum atomic E-state index is 11.8. The van der Waals surface area contributed by atoms with Crippen molar-refractivity contribution in [3.8, 4) is 5.75 Å². The van der Waals surface area contributed by atoms with E-state index in [-0.39, 0.29) is 6.03 Å². The minimum atomic E-state index is 0.0963. The van der Waals surface area contributed by atoms with Crippen molar-refractivity contribution >= 4 is 6.03 Å². The summed E-state index contributed by atoms with van der Waals surface area (Å²) in [5.74, 6) is 0.873. The van der Waals surface area contributed by atoms with E-state index >= 15 is 0 Å². The lowest BCUT2D eigenvalue weighted by Gasteiger charge is -2.35. The zero-order valence-corrected chi connectivity index (χ0v) is 14.1. The highest BCUT2D eigenvalue weighted by molar-refractivity contribution is 5.73. The Labute approximate surface area is 138 Å². The van der Waals surface area contributed by atoms with Gasteiger partial charge in [-0.3, -0.25) is 4.90 Å². The number of urea groups is 1. The molecule has 1 fully saturated rings. The Bertz CT molecular complexity index is 459. The van der Waals surface area contributed by atoms with Crippen LogP contribution in [0.15, 0.2) is 30.3 Å². The Morgan fingerprint density at radius 3 is 2.39 bits per heavy atom. The largest absolute Gasteiger partial charge is 0.491 e. The second-order valence-corrected chi connectivity index (χ2v) is 5.78. The monoisotopic (exact) mass is 321 g/mol. The summed E-state index contributed by atoms with van der Waals surface area (Å²) >= 11 is 0. The van der Waals surface area contributed by atoms with E-state index in [0.29, 0.717) is 19.8 Å². The maximum absolute atomic E-state index is 11.8. The standard InChI is InChI=1S/C17H27N3O3/c1-18(2)17(21)20-10-8-19(9-11-20)12-13-22-14-15-23-16-6-4-3-5-7-16/h3-7H,8-15H2,1-2H3. The van der Waals surface area contributed by atoms with E-state index < -0.39 is 0 Å². The third-order valence-electron chi connectivity index (χ3n) is 3.82. The van der Waals surface area contributed by atoms with Crippen LogP contribution >= 0.6 is 0 Å². The van der Waals surface area contributed by atoms with E-state index in [1.54, 1.807) is 19.0 Å². The fourth-order valence-electron chi connectivity index (χ4n) is 2.48. The average Bonchev–Trinajstić information content (AvgIpc) is 2.58. The Morgan fingerprint density at radius 2 is 1.74 bits per heavy atom. The Kier molecular flexibility index (Phi) is 7.16. The molecule has 1 aromatic rings. The average molecular weight is 321 g/mol. The quantitative estimate of drug-likeness (QED) is 0.712. The molecule has 0 unspecified atom stereocenters. The highest BCUT2D eigenvalue weighted by Crippen LogP contribution is 2.07. The minimum Gasteiger partial charge on any atom is -0.491 e. The highest BCUT2D eigenvalue weighted by atomic mass is 16.5. The number of amides is 2. The van der Waals surface area contributed by atoms with Crippen LogP contribution in [-0.2, 0) is 4.74 Å². The Balaban J connectivity index is 1.50. The molecule has 0 saturated carbocycles. The number of carbonyl (C=O) groups excluding carboxylic acids is 1. The third-order valence-corrected chi connectivity index (χ3v) is 3.82. The van der Waals surface area contributed by atoms with Gasteiger partial charge in [0.05, 0.1) is 13.2 Å². The smallest absolute Gasteiger partial charge is 0.319 e. The molecule has 1 saturated heterocycles. The van der Waals surface area contributed by atoms with Crippen molar-refractivity contribution < 1.29 is 14.3 Å². The van der Waals surface area contributed by atoms with Gasteiger partial charge in [-0.2, -0.15) is 0 Å². The third kappa shape index (κ3) is 6.08. The van der Waals surface area contributed by atoms with Gasteiger partial charge in [-0.05, 0) is 12.1 Å². The van der Waals surface area contributed by atoms with Crippen molar-refractivity contribution in [1.82, 2.24) is 14.7 Å². The Hall–Kier alpha value is -1.79. The molecule has 2 amide bonds. The number of rotatable bonds is 7. The fraction of sp³-hybridized carbons (Fsp3) is 0.588. The zero-order chi connectivity index (χ0) is 16.5. The number of carbonyl (C=O) groups is 1. The second-order valence-electron chi connectivity index (χ2n) is 5.78. The van der Waals surface area contributed by atoms with Crippen LogP contribution in [0.25, 0.3) is 0 Å². The molecule has 0 N–H and O–H groups in total. The molecular formula is C17H27N3O3. The number of benzene rings is 1. The van der Waals surface area contributed by atoms with E-state index in [1.165, 1.54) is 0 Å². The first-order valence-corrected chi connectivity index (χ1v) is 8.11. The maximum Gasteiger partial charge on any atom is 0.319 e. The Morgan fingerprint density at radius 1 is 1.04 bits per heavy atom. The van der Waals surface area contributed by atoms with Crippen LogP contribution in [-0.4, -0.2) is 87.4 Å². The van der Waals surface area contributed by atoms with E-state index in [1.807, 2.05) is 35.2 Å². The molecule has 23 heavy (non-hydrogen) atoms. The van der Waals surface area contributed by atoms with Gasteiger partial charge in [-0.1, -0.05) is 18.2 Å². The lowest BCUT2D eigenvalue weighted by atomic mass is 10.3. The molecule has 6 nitrogen and oxygen atoms in total. The molecule has 0 bridgehead atoms. The molecular weight excluding hydrogens is 294 g/mol. The first-order valence-electron chi connectivity index (χ1n) is 8.11. The summed E-state index contributed by atoms with van der Waals surface area (Å²) in [6.45, 7) is 6.13. The molecule has 1 aromatic carbocycles. The molecule has 0 aliphatic carbocycles. The van der Waals surface area contributed by atoms with E-state index in [0.717, 1.165) is 38.5 Å². The number of ether oxygens (including phenoxy) is 2. The summed E-state index contributed by atoms with van der Waals surface area (Å²) in [6.07, 6.45) is 0. The van der Waals surface area contributed by atoms with Crippen molar-refractivity contribution in [1.29, 1.82) is 0 Å². The summed E-state index contributed by atoms with van der Waals surface area (Å²) in [4.78, 5) is 17.7. The fourth-order valence-corrected chi connectivity index (χ4v) is 2.48. The molecule has 128 valence electrons. The van der Waals surface area contributed by atoms with Crippen molar-refractivity contribution in [3.63, 3.8) is 0 Å². The highest BCUT2D eigenvalue weighted by Gasteiger charge is 2.21. The van der Waals surface area contributed by atoms with Gasteiger partial charge >= 0.3 is 6.03 Å².